The summed E-state index contributed by atoms with van der Waals surface area (Å²) in [5.41, 5.74) is 0.753. The van der Waals surface area contributed by atoms with Crippen LogP contribution in [0.3, 0.4) is 0 Å². The Morgan fingerprint density at radius 2 is 2.29 bits per heavy atom. The van der Waals surface area contributed by atoms with Crippen molar-refractivity contribution in [2.75, 3.05) is 18.6 Å². The van der Waals surface area contributed by atoms with E-state index in [2.05, 4.69) is 10.3 Å². The van der Waals surface area contributed by atoms with Crippen molar-refractivity contribution in [3.05, 3.63) is 35.6 Å². The van der Waals surface area contributed by atoms with E-state index in [-0.39, 0.29) is 25.0 Å². The largest absolute Gasteiger partial charge is 0.394 e. The first-order chi connectivity index (χ1) is 10.2. The second kappa shape index (κ2) is 8.21. The van der Waals surface area contributed by atoms with Crippen LogP contribution in [0.2, 0.25) is 0 Å². The van der Waals surface area contributed by atoms with Crippen molar-refractivity contribution in [1.29, 1.82) is 0 Å². The van der Waals surface area contributed by atoms with Crippen LogP contribution in [-0.4, -0.2) is 45.2 Å². The highest BCUT2D eigenvalue weighted by Crippen LogP contribution is 2.15. The monoisotopic (exact) mass is 325 g/mol. The van der Waals surface area contributed by atoms with Gasteiger partial charge in [0.1, 0.15) is 0 Å². The lowest BCUT2D eigenvalue weighted by molar-refractivity contribution is -0.121. The molecule has 0 saturated heterocycles. The Bertz CT molecular complexity index is 554. The summed E-state index contributed by atoms with van der Waals surface area (Å²) in [5, 5.41) is 14.8. The van der Waals surface area contributed by atoms with Crippen LogP contribution in [0.4, 0.5) is 0 Å². The molecule has 2 aromatic rings. The van der Waals surface area contributed by atoms with Crippen molar-refractivity contribution >= 4 is 29.0 Å². The molecule has 2 N–H and O–H groups in total. The number of aliphatic hydroxyl groups is 1. The van der Waals surface area contributed by atoms with Crippen LogP contribution in [0.25, 0.3) is 5.13 Å². The maximum absolute atomic E-state index is 12.0. The molecule has 2 heterocycles. The molecular formula is C14H19N3O2S2. The van der Waals surface area contributed by atoms with Gasteiger partial charge in [-0.05, 0) is 30.6 Å². The summed E-state index contributed by atoms with van der Waals surface area (Å²) in [5.74, 6) is 0.819. The molecule has 21 heavy (non-hydrogen) atoms. The SMILES string of the molecule is CSCCC(CO)NC(=O)Cc1csc(-n2cccc2)n1. The predicted octanol–water partition coefficient (Wildman–Crippen LogP) is 1.71. The third-order valence-corrected chi connectivity index (χ3v) is 4.51. The Hall–Kier alpha value is -1.31. The summed E-state index contributed by atoms with van der Waals surface area (Å²) in [4.78, 5) is 16.4. The molecule has 2 aromatic heterocycles. The number of thiazole rings is 1. The molecule has 0 fully saturated rings. The molecule has 1 amide bonds. The summed E-state index contributed by atoms with van der Waals surface area (Å²) < 4.78 is 1.92. The van der Waals surface area contributed by atoms with Crippen LogP contribution in [0.15, 0.2) is 29.9 Å². The number of hydrogen-bond acceptors (Lipinski definition) is 5. The van der Waals surface area contributed by atoms with Crippen molar-refractivity contribution < 1.29 is 9.90 Å². The van der Waals surface area contributed by atoms with Crippen molar-refractivity contribution in [3.8, 4) is 5.13 Å². The van der Waals surface area contributed by atoms with Gasteiger partial charge in [0.2, 0.25) is 5.91 Å². The average Bonchev–Trinajstić information content (AvgIpc) is 3.13. The summed E-state index contributed by atoms with van der Waals surface area (Å²) in [6, 6.07) is 3.70. The van der Waals surface area contributed by atoms with Gasteiger partial charge in [-0.2, -0.15) is 11.8 Å². The van der Waals surface area contributed by atoms with Gasteiger partial charge in [-0.15, -0.1) is 11.3 Å². The van der Waals surface area contributed by atoms with Gasteiger partial charge in [-0.25, -0.2) is 4.98 Å². The highest BCUT2D eigenvalue weighted by atomic mass is 32.2. The lowest BCUT2D eigenvalue weighted by Crippen LogP contribution is -2.38. The Labute approximate surface area is 132 Å². The van der Waals surface area contributed by atoms with Crippen LogP contribution in [0, 0.1) is 0 Å². The molecule has 1 atom stereocenters. The van der Waals surface area contributed by atoms with Crippen molar-refractivity contribution in [2.45, 2.75) is 18.9 Å². The number of hydrogen-bond donors (Lipinski definition) is 2. The highest BCUT2D eigenvalue weighted by Gasteiger charge is 2.13. The standard InChI is InChI=1S/C14H19N3O2S2/c1-20-7-4-11(9-18)15-13(19)8-12-10-21-14(16-12)17-5-2-3-6-17/h2-3,5-6,10-11,18H,4,7-9H2,1H3,(H,15,19). The van der Waals surface area contributed by atoms with Crippen LogP contribution in [0.1, 0.15) is 12.1 Å². The smallest absolute Gasteiger partial charge is 0.226 e. The van der Waals surface area contributed by atoms with Crippen LogP contribution in [0.5, 0.6) is 0 Å². The average molecular weight is 325 g/mol. The molecule has 7 heteroatoms. The number of carbonyl (C=O) groups is 1. The molecule has 0 aromatic carbocycles. The van der Waals surface area contributed by atoms with Crippen LogP contribution in [-0.2, 0) is 11.2 Å². The number of thioether (sulfide) groups is 1. The zero-order valence-electron chi connectivity index (χ0n) is 11.9. The third-order valence-electron chi connectivity index (χ3n) is 2.96. The number of aromatic nitrogens is 2. The van der Waals surface area contributed by atoms with E-state index in [1.807, 2.05) is 40.7 Å². The fourth-order valence-electron chi connectivity index (χ4n) is 1.87. The Kier molecular flexibility index (Phi) is 6.28. The molecule has 114 valence electrons. The topological polar surface area (TPSA) is 67.2 Å². The minimum Gasteiger partial charge on any atom is -0.394 e. The molecule has 1 unspecified atom stereocenters. The minimum atomic E-state index is -0.174. The number of aliphatic hydroxyl groups excluding tert-OH is 1. The molecule has 2 rings (SSSR count). The van der Waals surface area contributed by atoms with E-state index < -0.39 is 0 Å². The number of amides is 1. The molecule has 0 aliphatic rings. The number of nitrogens with zero attached hydrogens (tertiary/aromatic N) is 2. The van der Waals surface area contributed by atoms with Gasteiger partial charge in [0, 0.05) is 17.8 Å². The summed E-state index contributed by atoms with van der Waals surface area (Å²) in [7, 11) is 0. The van der Waals surface area contributed by atoms with Crippen molar-refractivity contribution in [2.24, 2.45) is 0 Å². The van der Waals surface area contributed by atoms with Gasteiger partial charge >= 0.3 is 0 Å². The zero-order valence-corrected chi connectivity index (χ0v) is 13.5. The van der Waals surface area contributed by atoms with Gasteiger partial charge < -0.3 is 15.0 Å². The van der Waals surface area contributed by atoms with Gasteiger partial charge in [0.15, 0.2) is 5.13 Å². The maximum Gasteiger partial charge on any atom is 0.226 e. The normalized spacial score (nSPS) is 12.3. The van der Waals surface area contributed by atoms with E-state index in [9.17, 15) is 9.90 Å². The molecule has 0 radical (unpaired) electrons. The van der Waals surface area contributed by atoms with E-state index in [0.29, 0.717) is 0 Å². The van der Waals surface area contributed by atoms with E-state index in [1.54, 1.807) is 11.8 Å². The summed E-state index contributed by atoms with van der Waals surface area (Å²) in [6.07, 6.45) is 6.87. The van der Waals surface area contributed by atoms with Gasteiger partial charge in [-0.3, -0.25) is 4.79 Å². The van der Waals surface area contributed by atoms with Gasteiger partial charge in [0.25, 0.3) is 0 Å². The molecule has 0 aliphatic carbocycles. The Morgan fingerprint density at radius 1 is 1.52 bits per heavy atom. The first-order valence-corrected chi connectivity index (χ1v) is 8.97. The van der Waals surface area contributed by atoms with E-state index >= 15 is 0 Å². The predicted molar refractivity (Wildman–Crippen MR) is 87.2 cm³/mol. The molecule has 5 nitrogen and oxygen atoms in total. The minimum absolute atomic E-state index is 0.0298. The molecule has 0 saturated carbocycles. The number of carbonyl (C=O) groups excluding carboxylic acids is 1. The molecule has 0 bridgehead atoms. The highest BCUT2D eigenvalue weighted by molar-refractivity contribution is 7.98. The van der Waals surface area contributed by atoms with Gasteiger partial charge in [-0.1, -0.05) is 0 Å². The summed E-state index contributed by atoms with van der Waals surface area (Å²) >= 11 is 3.21. The molecular weight excluding hydrogens is 306 g/mol. The lowest BCUT2D eigenvalue weighted by Gasteiger charge is -2.15. The van der Waals surface area contributed by atoms with Crippen LogP contribution >= 0.6 is 23.1 Å². The summed E-state index contributed by atoms with van der Waals surface area (Å²) in [6.45, 7) is -0.0298. The van der Waals surface area contributed by atoms with E-state index in [4.69, 9.17) is 0 Å². The van der Waals surface area contributed by atoms with E-state index in [1.165, 1.54) is 11.3 Å². The zero-order chi connectivity index (χ0) is 15.1. The second-order valence-corrected chi connectivity index (χ2v) is 6.44. The van der Waals surface area contributed by atoms with Gasteiger partial charge in [0.05, 0.1) is 24.8 Å². The fourth-order valence-corrected chi connectivity index (χ4v) is 3.18. The quantitative estimate of drug-likeness (QED) is 0.775. The second-order valence-electron chi connectivity index (χ2n) is 4.62. The van der Waals surface area contributed by atoms with E-state index in [0.717, 1.165) is 23.0 Å². The van der Waals surface area contributed by atoms with Crippen molar-refractivity contribution in [3.63, 3.8) is 0 Å². The lowest BCUT2D eigenvalue weighted by atomic mass is 10.2. The third kappa shape index (κ3) is 4.87. The van der Waals surface area contributed by atoms with Crippen molar-refractivity contribution in [1.82, 2.24) is 14.9 Å². The number of nitrogens with one attached hydrogen (secondary N) is 1. The van der Waals surface area contributed by atoms with Crippen LogP contribution < -0.4 is 5.32 Å². The Morgan fingerprint density at radius 3 is 2.95 bits per heavy atom. The first-order valence-electron chi connectivity index (χ1n) is 6.70. The molecule has 0 aliphatic heterocycles. The first kappa shape index (κ1) is 16.1. The maximum atomic E-state index is 12.0. The fraction of sp³-hybridized carbons (Fsp3) is 0.429. The number of rotatable bonds is 8. The Balaban J connectivity index is 1.88. The molecule has 0 spiro atoms.